The molecule has 3 N–H and O–H groups in total. The average molecular weight is 379 g/mol. The van der Waals surface area contributed by atoms with E-state index >= 15 is 0 Å². The van der Waals surface area contributed by atoms with Gasteiger partial charge >= 0.3 is 0 Å². The predicted molar refractivity (Wildman–Crippen MR) is 99.3 cm³/mol. The average Bonchev–Trinajstić information content (AvgIpc) is 2.63. The van der Waals surface area contributed by atoms with Crippen LogP contribution in [0.5, 0.6) is 11.5 Å². The molecule has 0 aliphatic carbocycles. The van der Waals surface area contributed by atoms with Crippen LogP contribution in [0.25, 0.3) is 0 Å². The van der Waals surface area contributed by atoms with Gasteiger partial charge in [-0.3, -0.25) is 9.59 Å². The number of aliphatic hydroxyl groups is 1. The van der Waals surface area contributed by atoms with E-state index in [4.69, 9.17) is 14.6 Å². The molecule has 0 saturated heterocycles. The molecule has 2 aromatic rings. The molecular formula is C17H21N3O5S. The predicted octanol–water partition coefficient (Wildman–Crippen LogP) is 1.36. The second kappa shape index (κ2) is 9.25. The summed E-state index contributed by atoms with van der Waals surface area (Å²) >= 11 is 1.11. The third-order valence-corrected chi connectivity index (χ3v) is 4.46. The number of nitrogens with one attached hydrogen (secondary N) is 2. The van der Waals surface area contributed by atoms with Gasteiger partial charge in [0.05, 0.1) is 25.7 Å². The molecule has 0 spiro atoms. The molecule has 0 fully saturated rings. The fraction of sp³-hybridized carbons (Fsp3) is 0.353. The summed E-state index contributed by atoms with van der Waals surface area (Å²) in [5, 5.41) is 12.1. The number of aromatic amines is 1. The first-order chi connectivity index (χ1) is 12.5. The Balaban J connectivity index is 2.04. The largest absolute Gasteiger partial charge is 0.497 e. The number of rotatable bonds is 8. The van der Waals surface area contributed by atoms with Crippen molar-refractivity contribution in [1.29, 1.82) is 0 Å². The first-order valence-corrected chi connectivity index (χ1v) is 8.82. The highest BCUT2D eigenvalue weighted by Gasteiger charge is 2.12. The third kappa shape index (κ3) is 4.99. The second-order valence-electron chi connectivity index (χ2n) is 5.31. The van der Waals surface area contributed by atoms with E-state index < -0.39 is 0 Å². The van der Waals surface area contributed by atoms with Crippen LogP contribution in [0.1, 0.15) is 11.3 Å². The molecular weight excluding hydrogens is 358 g/mol. The normalized spacial score (nSPS) is 10.5. The van der Waals surface area contributed by atoms with Crippen molar-refractivity contribution < 1.29 is 19.4 Å². The van der Waals surface area contributed by atoms with Crippen molar-refractivity contribution in [3.63, 3.8) is 0 Å². The standard InChI is InChI=1S/C17H21N3O5S/c1-10-12(6-7-21)16(23)20-17(18-10)26-9-15(22)19-13-8-11(24-2)4-5-14(13)25-3/h4-5,8,21H,6-7,9H2,1-3H3,(H,19,22)(H,18,20,23). The summed E-state index contributed by atoms with van der Waals surface area (Å²) in [5.74, 6) is 0.887. The fourth-order valence-corrected chi connectivity index (χ4v) is 3.00. The third-order valence-electron chi connectivity index (χ3n) is 3.58. The summed E-state index contributed by atoms with van der Waals surface area (Å²) in [6.07, 6.45) is 0.245. The van der Waals surface area contributed by atoms with E-state index in [2.05, 4.69) is 15.3 Å². The number of aliphatic hydroxyl groups excluding tert-OH is 1. The van der Waals surface area contributed by atoms with Gasteiger partial charge in [0.15, 0.2) is 5.16 Å². The Hall–Kier alpha value is -2.52. The lowest BCUT2D eigenvalue weighted by Gasteiger charge is -2.11. The van der Waals surface area contributed by atoms with Crippen LogP contribution in [-0.2, 0) is 11.2 Å². The fourth-order valence-electron chi connectivity index (χ4n) is 2.29. The van der Waals surface area contributed by atoms with E-state index in [0.29, 0.717) is 33.6 Å². The van der Waals surface area contributed by atoms with Crippen LogP contribution in [0, 0.1) is 6.92 Å². The number of ether oxygens (including phenoxy) is 2. The molecule has 2 rings (SSSR count). The summed E-state index contributed by atoms with van der Waals surface area (Å²) in [7, 11) is 3.05. The van der Waals surface area contributed by atoms with Crippen molar-refractivity contribution in [2.75, 3.05) is 31.9 Å². The van der Waals surface area contributed by atoms with E-state index in [0.717, 1.165) is 11.8 Å². The summed E-state index contributed by atoms with van der Waals surface area (Å²) in [6, 6.07) is 5.09. The molecule has 26 heavy (non-hydrogen) atoms. The van der Waals surface area contributed by atoms with Crippen LogP contribution >= 0.6 is 11.8 Å². The van der Waals surface area contributed by atoms with E-state index in [1.165, 1.54) is 14.2 Å². The molecule has 0 unspecified atom stereocenters. The lowest BCUT2D eigenvalue weighted by atomic mass is 10.2. The minimum Gasteiger partial charge on any atom is -0.497 e. The number of benzene rings is 1. The van der Waals surface area contributed by atoms with Gasteiger partial charge in [0.2, 0.25) is 5.91 Å². The highest BCUT2D eigenvalue weighted by atomic mass is 32.2. The van der Waals surface area contributed by atoms with E-state index in [-0.39, 0.29) is 30.2 Å². The maximum atomic E-state index is 12.2. The van der Waals surface area contributed by atoms with Crippen molar-refractivity contribution in [2.45, 2.75) is 18.5 Å². The number of methoxy groups -OCH3 is 2. The van der Waals surface area contributed by atoms with Gasteiger partial charge < -0.3 is 24.9 Å². The number of carbonyl (C=O) groups is 1. The number of thioether (sulfide) groups is 1. The molecule has 9 heteroatoms. The summed E-state index contributed by atoms with van der Waals surface area (Å²) < 4.78 is 10.4. The summed E-state index contributed by atoms with van der Waals surface area (Å²) in [6.45, 7) is 1.58. The highest BCUT2D eigenvalue weighted by Crippen LogP contribution is 2.29. The number of aromatic nitrogens is 2. The monoisotopic (exact) mass is 379 g/mol. The topological polar surface area (TPSA) is 114 Å². The summed E-state index contributed by atoms with van der Waals surface area (Å²) in [5.41, 5.74) is 1.18. The molecule has 0 radical (unpaired) electrons. The number of H-pyrrole nitrogens is 1. The number of nitrogens with zero attached hydrogens (tertiary/aromatic N) is 1. The Morgan fingerprint density at radius 3 is 2.73 bits per heavy atom. The molecule has 0 saturated carbocycles. The molecule has 0 aliphatic heterocycles. The van der Waals surface area contributed by atoms with Gasteiger partial charge in [-0.15, -0.1) is 0 Å². The van der Waals surface area contributed by atoms with E-state index in [1.807, 2.05) is 0 Å². The zero-order chi connectivity index (χ0) is 19.1. The number of hydrogen-bond donors (Lipinski definition) is 3. The van der Waals surface area contributed by atoms with Gasteiger partial charge in [0, 0.05) is 30.4 Å². The van der Waals surface area contributed by atoms with Crippen LogP contribution in [-0.4, -0.2) is 47.6 Å². The first-order valence-electron chi connectivity index (χ1n) is 7.83. The van der Waals surface area contributed by atoms with Crippen LogP contribution in [0.15, 0.2) is 28.2 Å². The van der Waals surface area contributed by atoms with Crippen LogP contribution in [0.2, 0.25) is 0 Å². The molecule has 8 nitrogen and oxygen atoms in total. The van der Waals surface area contributed by atoms with E-state index in [9.17, 15) is 9.59 Å². The van der Waals surface area contributed by atoms with Gasteiger partial charge in [-0.25, -0.2) is 4.98 Å². The number of amides is 1. The summed E-state index contributed by atoms with van der Waals surface area (Å²) in [4.78, 5) is 31.1. The van der Waals surface area contributed by atoms with Crippen molar-refractivity contribution in [3.8, 4) is 11.5 Å². The Kier molecular flexibility index (Phi) is 7.05. The number of aryl methyl sites for hydroxylation is 1. The van der Waals surface area contributed by atoms with Crippen LogP contribution < -0.4 is 20.3 Å². The molecule has 1 aromatic heterocycles. The Labute approximate surface area is 154 Å². The molecule has 0 atom stereocenters. The van der Waals surface area contributed by atoms with Gasteiger partial charge in [0.25, 0.3) is 5.56 Å². The SMILES string of the molecule is COc1ccc(OC)c(NC(=O)CSc2nc(C)c(CCO)c(=O)[nH]2)c1. The quantitative estimate of drug-likeness (QED) is 0.469. The molecule has 1 heterocycles. The lowest BCUT2D eigenvalue weighted by molar-refractivity contribution is -0.113. The highest BCUT2D eigenvalue weighted by molar-refractivity contribution is 7.99. The van der Waals surface area contributed by atoms with Crippen molar-refractivity contribution in [3.05, 3.63) is 39.8 Å². The minimum atomic E-state index is -0.302. The van der Waals surface area contributed by atoms with Crippen LogP contribution in [0.3, 0.4) is 0 Å². The molecule has 140 valence electrons. The second-order valence-corrected chi connectivity index (χ2v) is 6.28. The Bertz CT molecular complexity index is 838. The van der Waals surface area contributed by atoms with Gasteiger partial charge in [-0.1, -0.05) is 11.8 Å². The lowest BCUT2D eigenvalue weighted by Crippen LogP contribution is -2.19. The molecule has 1 aromatic carbocycles. The zero-order valence-electron chi connectivity index (χ0n) is 14.8. The molecule has 1 amide bonds. The number of hydrogen-bond acceptors (Lipinski definition) is 7. The van der Waals surface area contributed by atoms with Crippen molar-refractivity contribution in [2.24, 2.45) is 0 Å². The zero-order valence-corrected chi connectivity index (χ0v) is 15.6. The van der Waals surface area contributed by atoms with E-state index in [1.54, 1.807) is 25.1 Å². The number of carbonyl (C=O) groups excluding carboxylic acids is 1. The molecule has 0 bridgehead atoms. The van der Waals surface area contributed by atoms with Gasteiger partial charge in [0.1, 0.15) is 11.5 Å². The maximum absolute atomic E-state index is 12.2. The maximum Gasteiger partial charge on any atom is 0.255 e. The van der Waals surface area contributed by atoms with Gasteiger partial charge in [-0.05, 0) is 19.1 Å². The smallest absolute Gasteiger partial charge is 0.255 e. The van der Waals surface area contributed by atoms with Crippen molar-refractivity contribution in [1.82, 2.24) is 9.97 Å². The minimum absolute atomic E-state index is 0.0576. The Morgan fingerprint density at radius 2 is 2.12 bits per heavy atom. The van der Waals surface area contributed by atoms with Crippen molar-refractivity contribution >= 4 is 23.4 Å². The van der Waals surface area contributed by atoms with Crippen LogP contribution in [0.4, 0.5) is 5.69 Å². The first kappa shape index (κ1) is 19.8. The molecule has 0 aliphatic rings. The number of anilines is 1. The Morgan fingerprint density at radius 1 is 1.35 bits per heavy atom. The van der Waals surface area contributed by atoms with Gasteiger partial charge in [-0.2, -0.15) is 0 Å².